The summed E-state index contributed by atoms with van der Waals surface area (Å²) >= 11 is 6.49. The zero-order chi connectivity index (χ0) is 25.2. The van der Waals surface area contributed by atoms with E-state index in [2.05, 4.69) is 50.4 Å². The fourth-order valence-electron chi connectivity index (χ4n) is 4.34. The van der Waals surface area contributed by atoms with Crippen LogP contribution in [0.5, 0.6) is 5.75 Å². The van der Waals surface area contributed by atoms with Crippen molar-refractivity contribution in [1.82, 2.24) is 14.5 Å². The number of fused-ring (bicyclic) bond motifs is 1. The first-order valence-electron chi connectivity index (χ1n) is 12.1. The highest BCUT2D eigenvalue weighted by Gasteiger charge is 2.18. The number of hydrogen-bond acceptors (Lipinski definition) is 5. The molecule has 3 aromatic carbocycles. The molecule has 0 bridgehead atoms. The largest absolute Gasteiger partial charge is 0.487 e. The predicted molar refractivity (Wildman–Crippen MR) is 143 cm³/mol. The van der Waals surface area contributed by atoms with E-state index in [0.29, 0.717) is 22.7 Å². The Morgan fingerprint density at radius 3 is 2.78 bits per heavy atom. The summed E-state index contributed by atoms with van der Waals surface area (Å²) in [6, 6.07) is 20.0. The molecule has 186 valence electrons. The highest BCUT2D eigenvalue weighted by atomic mass is 35.5. The van der Waals surface area contributed by atoms with Gasteiger partial charge in [-0.25, -0.2) is 14.4 Å². The Morgan fingerprint density at radius 1 is 1.05 bits per heavy atom. The van der Waals surface area contributed by atoms with Crippen LogP contribution in [0.4, 0.5) is 15.9 Å². The number of hydrogen-bond donors (Lipinski definition) is 1. The lowest BCUT2D eigenvalue weighted by Crippen LogP contribution is -2.30. The van der Waals surface area contributed by atoms with Crippen LogP contribution < -0.4 is 10.1 Å². The van der Waals surface area contributed by atoms with E-state index in [4.69, 9.17) is 21.1 Å². The smallest absolute Gasteiger partial charge is 0.141 e. The molecule has 0 spiro atoms. The van der Waals surface area contributed by atoms with Crippen LogP contribution in [-0.4, -0.2) is 27.2 Å². The molecular weight excluding hydrogens is 491 g/mol. The summed E-state index contributed by atoms with van der Waals surface area (Å²) in [7, 11) is 0. The zero-order valence-electron chi connectivity index (χ0n) is 19.9. The molecule has 0 amide bonds. The molecule has 6 nitrogen and oxygen atoms in total. The third kappa shape index (κ3) is 5.28. The number of anilines is 2. The van der Waals surface area contributed by atoms with Crippen LogP contribution >= 0.6 is 11.6 Å². The highest BCUT2D eigenvalue weighted by molar-refractivity contribution is 6.32. The molecule has 1 fully saturated rings. The van der Waals surface area contributed by atoms with Gasteiger partial charge in [-0.2, -0.15) is 0 Å². The number of rotatable bonds is 8. The van der Waals surface area contributed by atoms with Gasteiger partial charge in [-0.15, -0.1) is 0 Å². The summed E-state index contributed by atoms with van der Waals surface area (Å²) in [5, 5.41) is 4.70. The Balaban J connectivity index is 1.20. The van der Waals surface area contributed by atoms with Crippen LogP contribution in [0.25, 0.3) is 22.0 Å². The van der Waals surface area contributed by atoms with E-state index in [9.17, 15) is 4.39 Å². The van der Waals surface area contributed by atoms with Crippen LogP contribution in [-0.2, 0) is 17.9 Å². The number of nitrogens with one attached hydrogen (secondary N) is 1. The van der Waals surface area contributed by atoms with Crippen molar-refractivity contribution in [3.63, 3.8) is 0 Å². The lowest BCUT2D eigenvalue weighted by atomic mass is 10.1. The first-order chi connectivity index (χ1) is 18.1. The van der Waals surface area contributed by atoms with Gasteiger partial charge in [0.2, 0.25) is 0 Å². The van der Waals surface area contributed by atoms with Gasteiger partial charge in [-0.05, 0) is 71.6 Å². The first-order valence-corrected chi connectivity index (χ1v) is 12.4. The summed E-state index contributed by atoms with van der Waals surface area (Å²) < 4.78 is 26.9. The second-order valence-electron chi connectivity index (χ2n) is 9.02. The quantitative estimate of drug-likeness (QED) is 0.241. The fraction of sp³-hybridized carbons (Fsp3) is 0.172. The lowest BCUT2D eigenvalue weighted by molar-refractivity contribution is -0.0591. The molecule has 1 aliphatic heterocycles. The molecule has 2 aromatic heterocycles. The maximum absolute atomic E-state index is 13.4. The molecule has 1 unspecified atom stereocenters. The van der Waals surface area contributed by atoms with Crippen molar-refractivity contribution in [1.29, 1.82) is 0 Å². The van der Waals surface area contributed by atoms with Crippen LogP contribution in [0.1, 0.15) is 12.0 Å². The second kappa shape index (κ2) is 10.2. The molecule has 1 aliphatic rings. The van der Waals surface area contributed by atoms with Gasteiger partial charge >= 0.3 is 0 Å². The zero-order valence-corrected chi connectivity index (χ0v) is 20.7. The van der Waals surface area contributed by atoms with E-state index < -0.39 is 0 Å². The number of nitrogens with zero attached hydrogens (tertiary/aromatic N) is 3. The van der Waals surface area contributed by atoms with Crippen molar-refractivity contribution in [2.45, 2.75) is 25.7 Å². The highest BCUT2D eigenvalue weighted by Crippen LogP contribution is 2.32. The Labute approximate surface area is 218 Å². The summed E-state index contributed by atoms with van der Waals surface area (Å²) in [6.07, 6.45) is 7.19. The Bertz CT molecular complexity index is 1570. The molecule has 0 aliphatic carbocycles. The molecule has 1 saturated heterocycles. The Hall–Kier alpha value is -3.94. The predicted octanol–water partition coefficient (Wildman–Crippen LogP) is 7.00. The van der Waals surface area contributed by atoms with Crippen LogP contribution in [0.15, 0.2) is 85.5 Å². The molecule has 37 heavy (non-hydrogen) atoms. The maximum Gasteiger partial charge on any atom is 0.141 e. The lowest BCUT2D eigenvalue weighted by Gasteiger charge is -2.26. The monoisotopic (exact) mass is 514 g/mol. The minimum absolute atomic E-state index is 0.221. The summed E-state index contributed by atoms with van der Waals surface area (Å²) in [6.45, 7) is 1.94. The molecule has 1 atom stereocenters. The molecule has 5 aromatic rings. The van der Waals surface area contributed by atoms with Gasteiger partial charge in [0.05, 0.1) is 16.6 Å². The Kier molecular flexibility index (Phi) is 6.47. The normalized spacial score (nSPS) is 14.9. The van der Waals surface area contributed by atoms with Gasteiger partial charge in [0.1, 0.15) is 30.3 Å². The van der Waals surface area contributed by atoms with E-state index in [-0.39, 0.29) is 12.4 Å². The van der Waals surface area contributed by atoms with E-state index in [0.717, 1.165) is 52.9 Å². The van der Waals surface area contributed by atoms with Crippen LogP contribution in [0.3, 0.4) is 0 Å². The van der Waals surface area contributed by atoms with Crippen molar-refractivity contribution < 1.29 is 13.9 Å². The average Bonchev–Trinajstić information content (AvgIpc) is 3.35. The first kappa shape index (κ1) is 23.5. The second-order valence-corrected chi connectivity index (χ2v) is 9.43. The van der Waals surface area contributed by atoms with Gasteiger partial charge in [0, 0.05) is 36.6 Å². The maximum atomic E-state index is 13.4. The van der Waals surface area contributed by atoms with Gasteiger partial charge in [0.25, 0.3) is 0 Å². The number of ether oxygens (including phenoxy) is 2. The van der Waals surface area contributed by atoms with Crippen LogP contribution in [0.2, 0.25) is 5.02 Å². The SMILES string of the molecule is Fc1cccc(COc2ccc(Nc3ncnc4ccc(-c5ccn(CC6CCO6)c5)cc34)cc2Cl)c1. The molecule has 0 radical (unpaired) electrons. The fourth-order valence-corrected chi connectivity index (χ4v) is 4.58. The van der Waals surface area contributed by atoms with Gasteiger partial charge < -0.3 is 19.4 Å². The molecule has 3 heterocycles. The average molecular weight is 515 g/mol. The van der Waals surface area contributed by atoms with Crippen molar-refractivity contribution in [3.05, 3.63) is 102 Å². The van der Waals surface area contributed by atoms with E-state index in [1.54, 1.807) is 24.3 Å². The molecule has 8 heteroatoms. The van der Waals surface area contributed by atoms with Gasteiger partial charge in [-0.3, -0.25) is 0 Å². The Morgan fingerprint density at radius 2 is 1.97 bits per heavy atom. The molecule has 1 N–H and O–H groups in total. The summed E-state index contributed by atoms with van der Waals surface area (Å²) in [5.74, 6) is 0.898. The van der Waals surface area contributed by atoms with E-state index >= 15 is 0 Å². The molecule has 6 rings (SSSR count). The van der Waals surface area contributed by atoms with E-state index in [1.807, 2.05) is 12.1 Å². The van der Waals surface area contributed by atoms with E-state index in [1.165, 1.54) is 18.5 Å². The number of aromatic nitrogens is 3. The number of benzene rings is 3. The third-order valence-electron chi connectivity index (χ3n) is 6.40. The third-order valence-corrected chi connectivity index (χ3v) is 6.70. The molecule has 0 saturated carbocycles. The van der Waals surface area contributed by atoms with Gasteiger partial charge in [0.15, 0.2) is 0 Å². The topological polar surface area (TPSA) is 61.2 Å². The van der Waals surface area contributed by atoms with Crippen molar-refractivity contribution in [2.24, 2.45) is 0 Å². The molecular formula is C29H24ClFN4O2. The summed E-state index contributed by atoms with van der Waals surface area (Å²) in [5.41, 5.74) is 4.54. The summed E-state index contributed by atoms with van der Waals surface area (Å²) in [4.78, 5) is 8.91. The van der Waals surface area contributed by atoms with Crippen LogP contribution in [0, 0.1) is 5.82 Å². The minimum Gasteiger partial charge on any atom is -0.487 e. The van der Waals surface area contributed by atoms with Crippen molar-refractivity contribution in [2.75, 3.05) is 11.9 Å². The van der Waals surface area contributed by atoms with Crippen molar-refractivity contribution in [3.8, 4) is 16.9 Å². The number of halogens is 2. The van der Waals surface area contributed by atoms with Crippen molar-refractivity contribution >= 4 is 34.0 Å². The minimum atomic E-state index is -0.298. The standard InChI is InChI=1S/C29H24ClFN4O2/c30-26-14-23(5-7-28(26)37-17-19-2-1-3-22(31)12-19)34-29-25-13-20(4-6-27(25)32-18-33-29)21-8-10-35(15-21)16-24-9-11-36-24/h1-8,10,12-15,18,24H,9,11,16-17H2,(H,32,33,34). The van der Waals surface area contributed by atoms with Gasteiger partial charge in [-0.1, -0.05) is 29.8 Å².